The maximum Gasteiger partial charge on any atom is 0.0358 e. The van der Waals surface area contributed by atoms with Crippen LogP contribution in [0.25, 0.3) is 0 Å². The summed E-state index contributed by atoms with van der Waals surface area (Å²) in [6.07, 6.45) is 0. The van der Waals surface area contributed by atoms with Crippen molar-refractivity contribution in [1.82, 2.24) is 9.25 Å². The molecule has 0 saturated carbocycles. The van der Waals surface area contributed by atoms with Crippen molar-refractivity contribution in [2.24, 2.45) is 0 Å². The summed E-state index contributed by atoms with van der Waals surface area (Å²) in [4.78, 5) is 1.58. The summed E-state index contributed by atoms with van der Waals surface area (Å²) in [5.74, 6) is 0. The molecule has 0 aliphatic rings. The van der Waals surface area contributed by atoms with Crippen LogP contribution >= 0.6 is 0 Å². The average Bonchev–Trinajstić information content (AvgIpc) is 1.63. The van der Waals surface area contributed by atoms with Gasteiger partial charge in [0, 0.05) is 29.6 Å². The minimum absolute atomic E-state index is 0.420. The molecule has 0 fully saturated rings. The third-order valence-corrected chi connectivity index (χ3v) is 1.50. The molecule has 56 valence electrons. The van der Waals surface area contributed by atoms with Gasteiger partial charge in [0.15, 0.2) is 0 Å². The first-order chi connectivity index (χ1) is 4.04. The Morgan fingerprint density at radius 3 is 2.00 bits per heavy atom. The van der Waals surface area contributed by atoms with Gasteiger partial charge in [-0.15, -0.1) is 0 Å². The standard InChI is InChI=1S/CH6N2O4S2/c1-3(9(6)7)2-8(4)5/h2H,1H3,(H,4,5)(H,6,7)/p-2. The summed E-state index contributed by atoms with van der Waals surface area (Å²) in [6.45, 7) is 0. The molecule has 0 aromatic heterocycles. The van der Waals surface area contributed by atoms with Gasteiger partial charge in [0.25, 0.3) is 0 Å². The molecule has 0 bridgehead atoms. The van der Waals surface area contributed by atoms with Gasteiger partial charge in [0.05, 0.1) is 0 Å². The van der Waals surface area contributed by atoms with E-state index in [1.165, 1.54) is 0 Å². The predicted octanol–water partition coefficient (Wildman–Crippen LogP) is -1.99. The highest BCUT2D eigenvalue weighted by atomic mass is 32.2. The van der Waals surface area contributed by atoms with Crippen molar-refractivity contribution in [1.29, 1.82) is 0 Å². The van der Waals surface area contributed by atoms with Crippen molar-refractivity contribution >= 4 is 22.5 Å². The normalized spacial score (nSPS) is 17.8. The van der Waals surface area contributed by atoms with E-state index in [0.717, 1.165) is 7.05 Å². The lowest BCUT2D eigenvalue weighted by molar-refractivity contribution is 0.396. The van der Waals surface area contributed by atoms with E-state index >= 15 is 0 Å². The second-order valence-corrected chi connectivity index (χ2v) is 2.67. The summed E-state index contributed by atoms with van der Waals surface area (Å²) in [7, 11) is 1.05. The fourth-order valence-electron chi connectivity index (χ4n) is 0.135. The summed E-state index contributed by atoms with van der Waals surface area (Å²) in [5, 5.41) is 0. The molecular weight excluding hydrogens is 168 g/mol. The number of nitrogens with one attached hydrogen (secondary N) is 1. The Balaban J connectivity index is 3.63. The quantitative estimate of drug-likeness (QED) is 0.394. The Morgan fingerprint density at radius 2 is 1.89 bits per heavy atom. The molecule has 6 nitrogen and oxygen atoms in total. The van der Waals surface area contributed by atoms with E-state index in [9.17, 15) is 17.5 Å². The molecule has 0 heterocycles. The monoisotopic (exact) mass is 172 g/mol. The molecular formula is CH4N2O4S2-2. The number of hydrazine groups is 1. The second-order valence-electron chi connectivity index (χ2n) is 1.04. The van der Waals surface area contributed by atoms with Crippen molar-refractivity contribution in [3.05, 3.63) is 0 Å². The smallest absolute Gasteiger partial charge is 0.0358 e. The number of hydrogen-bond acceptors (Lipinski definition) is 4. The summed E-state index contributed by atoms with van der Waals surface area (Å²) in [5.41, 5.74) is 0. The molecule has 8 heteroatoms. The van der Waals surface area contributed by atoms with Crippen LogP contribution in [0.2, 0.25) is 0 Å². The molecule has 0 aliphatic carbocycles. The fourth-order valence-corrected chi connectivity index (χ4v) is 0.771. The molecule has 0 aliphatic heterocycles. The summed E-state index contributed by atoms with van der Waals surface area (Å²) < 4.78 is 39.4. The maximum absolute atomic E-state index is 9.82. The Hall–Kier alpha value is 0.140. The van der Waals surface area contributed by atoms with E-state index in [1.54, 1.807) is 4.83 Å². The molecule has 0 spiro atoms. The van der Waals surface area contributed by atoms with Crippen LogP contribution in [0.5, 0.6) is 0 Å². The van der Waals surface area contributed by atoms with Crippen LogP contribution in [-0.2, 0) is 22.5 Å². The van der Waals surface area contributed by atoms with Crippen LogP contribution in [0.15, 0.2) is 0 Å². The van der Waals surface area contributed by atoms with Gasteiger partial charge in [-0.1, -0.05) is 0 Å². The topological polar surface area (TPSA) is 95.5 Å². The third kappa shape index (κ3) is 4.63. The van der Waals surface area contributed by atoms with E-state index in [1.807, 2.05) is 0 Å². The van der Waals surface area contributed by atoms with Crippen LogP contribution in [0.4, 0.5) is 0 Å². The Kier molecular flexibility index (Phi) is 4.10. The maximum atomic E-state index is 9.82. The predicted molar refractivity (Wildman–Crippen MR) is 28.7 cm³/mol. The van der Waals surface area contributed by atoms with Gasteiger partial charge in [-0.2, -0.15) is 9.25 Å². The Bertz CT molecular complexity index is 137. The zero-order valence-electron chi connectivity index (χ0n) is 4.40. The Labute approximate surface area is 57.0 Å². The lowest BCUT2D eigenvalue weighted by Gasteiger charge is -2.20. The molecule has 2 unspecified atom stereocenters. The van der Waals surface area contributed by atoms with Gasteiger partial charge in [0.2, 0.25) is 0 Å². The molecule has 0 rings (SSSR count). The van der Waals surface area contributed by atoms with E-state index in [2.05, 4.69) is 0 Å². The molecule has 0 radical (unpaired) electrons. The number of rotatable bonds is 3. The van der Waals surface area contributed by atoms with Gasteiger partial charge in [-0.05, 0) is 0 Å². The van der Waals surface area contributed by atoms with Crippen LogP contribution in [0.1, 0.15) is 0 Å². The molecule has 1 N–H and O–H groups in total. The molecule has 0 amide bonds. The second kappa shape index (κ2) is 4.04. The highest BCUT2D eigenvalue weighted by Crippen LogP contribution is 1.78. The van der Waals surface area contributed by atoms with E-state index < -0.39 is 22.5 Å². The van der Waals surface area contributed by atoms with Crippen molar-refractivity contribution in [3.8, 4) is 0 Å². The van der Waals surface area contributed by atoms with Crippen molar-refractivity contribution in [3.63, 3.8) is 0 Å². The van der Waals surface area contributed by atoms with Crippen LogP contribution in [0, 0.1) is 0 Å². The lowest BCUT2D eigenvalue weighted by atomic mass is 11.5. The molecule has 2 atom stereocenters. The van der Waals surface area contributed by atoms with Crippen molar-refractivity contribution in [2.45, 2.75) is 0 Å². The fraction of sp³-hybridized carbons (Fsp3) is 1.00. The molecule has 0 aromatic rings. The van der Waals surface area contributed by atoms with E-state index in [4.69, 9.17) is 0 Å². The van der Waals surface area contributed by atoms with Crippen LogP contribution < -0.4 is 4.83 Å². The van der Waals surface area contributed by atoms with Gasteiger partial charge < -0.3 is 9.11 Å². The largest absolute Gasteiger partial charge is 0.759 e. The highest BCUT2D eigenvalue weighted by molar-refractivity contribution is 7.79. The van der Waals surface area contributed by atoms with Crippen LogP contribution in [-0.4, -0.2) is 29.0 Å². The summed E-state index contributed by atoms with van der Waals surface area (Å²) in [6, 6.07) is 0. The zero-order chi connectivity index (χ0) is 7.44. The third-order valence-electron chi connectivity index (χ3n) is 0.427. The first-order valence-electron chi connectivity index (χ1n) is 1.72. The number of hydrogen-bond donors (Lipinski definition) is 1. The molecule has 9 heavy (non-hydrogen) atoms. The van der Waals surface area contributed by atoms with Crippen LogP contribution in [0.3, 0.4) is 0 Å². The van der Waals surface area contributed by atoms with Gasteiger partial charge in [-0.25, -0.2) is 0 Å². The molecule has 0 aromatic carbocycles. The van der Waals surface area contributed by atoms with Gasteiger partial charge in [0.1, 0.15) is 0 Å². The first-order valence-corrected chi connectivity index (χ1v) is 3.83. The minimum Gasteiger partial charge on any atom is -0.759 e. The zero-order valence-corrected chi connectivity index (χ0v) is 6.03. The highest BCUT2D eigenvalue weighted by Gasteiger charge is 1.92. The van der Waals surface area contributed by atoms with Crippen molar-refractivity contribution < 1.29 is 17.5 Å². The van der Waals surface area contributed by atoms with Gasteiger partial charge >= 0.3 is 0 Å². The van der Waals surface area contributed by atoms with E-state index in [0.29, 0.717) is 4.41 Å². The molecule has 0 saturated heterocycles. The average molecular weight is 172 g/mol. The van der Waals surface area contributed by atoms with Gasteiger partial charge in [-0.3, -0.25) is 8.42 Å². The lowest BCUT2D eigenvalue weighted by Crippen LogP contribution is -2.36. The number of nitrogens with zero attached hydrogens (tertiary/aromatic N) is 1. The SMILES string of the molecule is CN(NS(=O)[O-])S(=O)[O-]. The van der Waals surface area contributed by atoms with Crippen molar-refractivity contribution in [2.75, 3.05) is 7.05 Å². The Morgan fingerprint density at radius 1 is 1.44 bits per heavy atom. The minimum atomic E-state index is -2.58. The van der Waals surface area contributed by atoms with E-state index in [-0.39, 0.29) is 0 Å². The first kappa shape index (κ1) is 9.14. The summed E-state index contributed by atoms with van der Waals surface area (Å²) >= 11 is -5.14.